The molecule has 0 heterocycles. The molecule has 1 aliphatic carbocycles. The molecular weight excluding hydrogens is 228 g/mol. The minimum Gasteiger partial charge on any atom is -0.389 e. The normalized spacial score (nSPS) is 19.7. The first kappa shape index (κ1) is 13.6. The molecule has 1 aliphatic rings. The van der Waals surface area contributed by atoms with E-state index in [4.69, 9.17) is 10.5 Å². The summed E-state index contributed by atoms with van der Waals surface area (Å²) in [6.45, 7) is 3.17. The van der Waals surface area contributed by atoms with Gasteiger partial charge < -0.3 is 5.11 Å². The number of nitriles is 2. The number of rotatable bonds is 2. The van der Waals surface area contributed by atoms with Crippen molar-refractivity contribution in [2.45, 2.75) is 20.0 Å². The summed E-state index contributed by atoms with van der Waals surface area (Å²) in [6.07, 6.45) is 5.06. The summed E-state index contributed by atoms with van der Waals surface area (Å²) in [5.74, 6) is -0.391. The number of ketones is 1. The molecule has 1 atom stereocenters. The van der Waals surface area contributed by atoms with Crippen LogP contribution in [0.5, 0.6) is 0 Å². The lowest BCUT2D eigenvalue weighted by molar-refractivity contribution is -0.111. The molecular formula is C14H12N2O2. The van der Waals surface area contributed by atoms with Crippen molar-refractivity contribution in [3.8, 4) is 12.1 Å². The third kappa shape index (κ3) is 2.82. The van der Waals surface area contributed by atoms with Gasteiger partial charge in [-0.25, -0.2) is 0 Å². The molecule has 1 unspecified atom stereocenters. The molecule has 0 aliphatic heterocycles. The van der Waals surface area contributed by atoms with Crippen molar-refractivity contribution >= 4 is 5.78 Å². The van der Waals surface area contributed by atoms with Crippen LogP contribution in [0.15, 0.2) is 46.6 Å². The van der Waals surface area contributed by atoms with Crippen molar-refractivity contribution in [1.29, 1.82) is 10.5 Å². The van der Waals surface area contributed by atoms with E-state index in [9.17, 15) is 9.90 Å². The van der Waals surface area contributed by atoms with Crippen LogP contribution in [0.1, 0.15) is 13.8 Å². The van der Waals surface area contributed by atoms with Crippen LogP contribution in [0.3, 0.4) is 0 Å². The molecule has 1 N–H and O–H groups in total. The molecule has 0 aromatic heterocycles. The molecule has 0 saturated heterocycles. The van der Waals surface area contributed by atoms with Gasteiger partial charge in [0.15, 0.2) is 5.78 Å². The van der Waals surface area contributed by atoms with E-state index in [1.54, 1.807) is 13.8 Å². The van der Waals surface area contributed by atoms with Gasteiger partial charge in [-0.3, -0.25) is 4.79 Å². The molecule has 0 fully saturated rings. The minimum absolute atomic E-state index is 0.0148. The second-order valence-electron chi connectivity index (χ2n) is 3.85. The van der Waals surface area contributed by atoms with Gasteiger partial charge >= 0.3 is 0 Å². The number of allylic oxidation sites excluding steroid dienone is 7. The molecule has 0 aromatic rings. The second kappa shape index (κ2) is 5.77. The Kier molecular flexibility index (Phi) is 4.37. The summed E-state index contributed by atoms with van der Waals surface area (Å²) in [6, 6.07) is 3.83. The number of nitrogens with zero attached hydrogens (tertiary/aromatic N) is 2. The van der Waals surface area contributed by atoms with Gasteiger partial charge in [-0.2, -0.15) is 10.5 Å². The Morgan fingerprint density at radius 3 is 2.61 bits per heavy atom. The third-order valence-corrected chi connectivity index (χ3v) is 2.43. The lowest BCUT2D eigenvalue weighted by atomic mass is 9.89. The fourth-order valence-corrected chi connectivity index (χ4v) is 1.51. The Bertz CT molecular complexity index is 576. The van der Waals surface area contributed by atoms with Gasteiger partial charge in [0.25, 0.3) is 0 Å². The average molecular weight is 240 g/mol. The van der Waals surface area contributed by atoms with Crippen LogP contribution in [-0.4, -0.2) is 17.0 Å². The molecule has 0 spiro atoms. The fraction of sp³-hybridized carbons (Fsp3) is 0.214. The van der Waals surface area contributed by atoms with E-state index in [1.165, 1.54) is 24.3 Å². The van der Waals surface area contributed by atoms with E-state index in [0.29, 0.717) is 16.7 Å². The Morgan fingerprint density at radius 2 is 2.11 bits per heavy atom. The first-order valence-corrected chi connectivity index (χ1v) is 5.35. The molecule has 0 aromatic carbocycles. The largest absolute Gasteiger partial charge is 0.389 e. The van der Waals surface area contributed by atoms with Crippen LogP contribution in [0, 0.1) is 22.7 Å². The molecule has 0 bridgehead atoms. The maximum atomic E-state index is 11.6. The summed E-state index contributed by atoms with van der Waals surface area (Å²) in [7, 11) is 0. The van der Waals surface area contributed by atoms with Crippen LogP contribution in [0.2, 0.25) is 0 Å². The van der Waals surface area contributed by atoms with E-state index >= 15 is 0 Å². The zero-order chi connectivity index (χ0) is 13.7. The highest BCUT2D eigenvalue weighted by atomic mass is 16.3. The number of carbonyl (C=O) groups excluding carboxylic acids is 1. The maximum absolute atomic E-state index is 11.6. The Morgan fingerprint density at radius 1 is 1.44 bits per heavy atom. The second-order valence-corrected chi connectivity index (χ2v) is 3.85. The number of aliphatic hydroxyl groups is 1. The van der Waals surface area contributed by atoms with Gasteiger partial charge in [-0.1, -0.05) is 12.2 Å². The molecule has 90 valence electrons. The lowest BCUT2D eigenvalue weighted by Gasteiger charge is -2.12. The van der Waals surface area contributed by atoms with E-state index in [-0.39, 0.29) is 5.57 Å². The van der Waals surface area contributed by atoms with Gasteiger partial charge in [0.1, 0.15) is 11.6 Å². The number of carbonyl (C=O) groups is 1. The highest BCUT2D eigenvalue weighted by Gasteiger charge is 2.19. The van der Waals surface area contributed by atoms with Crippen LogP contribution in [0.4, 0.5) is 0 Å². The van der Waals surface area contributed by atoms with E-state index < -0.39 is 11.9 Å². The van der Waals surface area contributed by atoms with Crippen molar-refractivity contribution in [2.24, 2.45) is 0 Å². The van der Waals surface area contributed by atoms with Crippen LogP contribution >= 0.6 is 0 Å². The van der Waals surface area contributed by atoms with Gasteiger partial charge in [0.2, 0.25) is 0 Å². The summed E-state index contributed by atoms with van der Waals surface area (Å²) in [4.78, 5) is 11.6. The van der Waals surface area contributed by atoms with E-state index in [0.717, 1.165) is 0 Å². The Hall–Kier alpha value is -2.43. The number of hydrogen-bond donors (Lipinski definition) is 1. The summed E-state index contributed by atoms with van der Waals surface area (Å²) in [5.41, 5.74) is 1.31. The number of hydrogen-bond acceptors (Lipinski definition) is 4. The quantitative estimate of drug-likeness (QED) is 0.745. The minimum atomic E-state index is -0.693. The standard InChI is InChI=1S/C14H12N2O2/c1-9(7-15)11-5-6-14(18)13(8-16)12(11)4-3-10(2)17/h3-6,10,17H,1-2H3/b4-3-,11-9+. The maximum Gasteiger partial charge on any atom is 0.197 e. The predicted molar refractivity (Wildman–Crippen MR) is 65.9 cm³/mol. The topological polar surface area (TPSA) is 84.9 Å². The van der Waals surface area contributed by atoms with Gasteiger partial charge in [0.05, 0.1) is 12.2 Å². The SMILES string of the molecule is C/C(C#N)=C1/C=CC(=O)C(C#N)=C1/C=C\C(C)O. The van der Waals surface area contributed by atoms with Crippen molar-refractivity contribution in [1.82, 2.24) is 0 Å². The summed E-state index contributed by atoms with van der Waals surface area (Å²) >= 11 is 0. The smallest absolute Gasteiger partial charge is 0.197 e. The fourth-order valence-electron chi connectivity index (χ4n) is 1.51. The monoisotopic (exact) mass is 240 g/mol. The van der Waals surface area contributed by atoms with Crippen LogP contribution < -0.4 is 0 Å². The highest BCUT2D eigenvalue weighted by molar-refractivity contribution is 6.10. The molecule has 18 heavy (non-hydrogen) atoms. The van der Waals surface area contributed by atoms with Crippen molar-refractivity contribution in [3.05, 3.63) is 46.6 Å². The molecule has 4 heteroatoms. The van der Waals surface area contributed by atoms with Gasteiger partial charge in [-0.05, 0) is 31.6 Å². The van der Waals surface area contributed by atoms with Gasteiger partial charge in [-0.15, -0.1) is 0 Å². The molecule has 0 amide bonds. The molecule has 0 saturated carbocycles. The molecule has 4 nitrogen and oxygen atoms in total. The zero-order valence-corrected chi connectivity index (χ0v) is 10.1. The highest BCUT2D eigenvalue weighted by Crippen LogP contribution is 2.26. The first-order chi connectivity index (χ1) is 8.51. The van der Waals surface area contributed by atoms with Crippen molar-refractivity contribution in [2.75, 3.05) is 0 Å². The Labute approximate surface area is 105 Å². The van der Waals surface area contributed by atoms with E-state index in [2.05, 4.69) is 0 Å². The van der Waals surface area contributed by atoms with E-state index in [1.807, 2.05) is 12.1 Å². The summed E-state index contributed by atoms with van der Waals surface area (Å²) in [5, 5.41) is 27.1. The van der Waals surface area contributed by atoms with Crippen molar-refractivity contribution < 1.29 is 9.90 Å². The zero-order valence-electron chi connectivity index (χ0n) is 10.1. The molecule has 1 rings (SSSR count). The van der Waals surface area contributed by atoms with Crippen LogP contribution in [0.25, 0.3) is 0 Å². The predicted octanol–water partition coefficient (Wildman–Crippen LogP) is 1.72. The van der Waals surface area contributed by atoms with Crippen LogP contribution in [-0.2, 0) is 4.79 Å². The summed E-state index contributed by atoms with van der Waals surface area (Å²) < 4.78 is 0. The Balaban J connectivity index is 3.45. The van der Waals surface area contributed by atoms with Crippen molar-refractivity contribution in [3.63, 3.8) is 0 Å². The number of aliphatic hydroxyl groups excluding tert-OH is 1. The first-order valence-electron chi connectivity index (χ1n) is 5.35. The third-order valence-electron chi connectivity index (χ3n) is 2.43. The average Bonchev–Trinajstić information content (AvgIpc) is 2.35. The lowest BCUT2D eigenvalue weighted by Crippen LogP contribution is -2.08. The molecule has 0 radical (unpaired) electrons. The van der Waals surface area contributed by atoms with Gasteiger partial charge in [0, 0.05) is 11.1 Å².